The van der Waals surface area contributed by atoms with Gasteiger partial charge in [0.15, 0.2) is 0 Å². The van der Waals surface area contributed by atoms with Crippen molar-refractivity contribution in [2.45, 2.75) is 0 Å². The number of hydrogen-bond acceptors (Lipinski definition) is 3. The first-order chi connectivity index (χ1) is 34.2. The van der Waals surface area contributed by atoms with Gasteiger partial charge in [0.2, 0.25) is 0 Å². The second-order valence-corrected chi connectivity index (χ2v) is 17.3. The predicted molar refractivity (Wildman–Crippen MR) is 294 cm³/mol. The highest BCUT2D eigenvalue weighted by atomic mass is 15.2. The van der Waals surface area contributed by atoms with E-state index in [1.54, 1.807) is 0 Å². The first kappa shape index (κ1) is 41.3. The summed E-state index contributed by atoms with van der Waals surface area (Å²) < 4.78 is 0. The van der Waals surface area contributed by atoms with Crippen LogP contribution in [-0.4, -0.2) is 0 Å². The molecule has 12 rings (SSSR count). The van der Waals surface area contributed by atoms with Gasteiger partial charge in [0.1, 0.15) is 0 Å². The fourth-order valence-corrected chi connectivity index (χ4v) is 9.92. The van der Waals surface area contributed by atoms with Crippen LogP contribution in [0.5, 0.6) is 0 Å². The van der Waals surface area contributed by atoms with E-state index in [9.17, 15) is 0 Å². The van der Waals surface area contributed by atoms with Crippen molar-refractivity contribution in [3.05, 3.63) is 285 Å². The molecule has 3 nitrogen and oxygen atoms in total. The summed E-state index contributed by atoms with van der Waals surface area (Å²) in [4.78, 5) is 7.26. The van der Waals surface area contributed by atoms with Gasteiger partial charge in [0.05, 0.1) is 11.4 Å². The number of fused-ring (bicyclic) bond motifs is 3. The fourth-order valence-electron chi connectivity index (χ4n) is 9.92. The molecule has 69 heavy (non-hydrogen) atoms. The molecule has 0 N–H and O–H groups in total. The molecular formula is C66H47N3. The summed E-state index contributed by atoms with van der Waals surface area (Å²) in [5.41, 5.74) is 14.4. The molecule has 0 spiro atoms. The summed E-state index contributed by atoms with van der Waals surface area (Å²) in [6, 6.07) is 103. The minimum Gasteiger partial charge on any atom is -0.311 e. The molecule has 12 aromatic rings. The Hall–Kier alpha value is -9.18. The minimum absolute atomic E-state index is 1.05. The molecule has 0 radical (unpaired) electrons. The number of anilines is 9. The van der Waals surface area contributed by atoms with Crippen LogP contribution in [0.25, 0.3) is 54.6 Å². The van der Waals surface area contributed by atoms with E-state index in [4.69, 9.17) is 0 Å². The number of para-hydroxylation sites is 4. The molecule has 0 aliphatic rings. The van der Waals surface area contributed by atoms with E-state index in [0.29, 0.717) is 0 Å². The summed E-state index contributed by atoms with van der Waals surface area (Å²) in [6.45, 7) is 0. The van der Waals surface area contributed by atoms with E-state index in [2.05, 4.69) is 300 Å². The first-order valence-corrected chi connectivity index (χ1v) is 23.6. The van der Waals surface area contributed by atoms with E-state index < -0.39 is 0 Å². The highest BCUT2D eigenvalue weighted by Crippen LogP contribution is 2.53. The van der Waals surface area contributed by atoms with Crippen LogP contribution in [0.3, 0.4) is 0 Å². The van der Waals surface area contributed by atoms with Gasteiger partial charge in [-0.15, -0.1) is 0 Å². The van der Waals surface area contributed by atoms with Crippen LogP contribution in [0.4, 0.5) is 51.2 Å². The SMILES string of the molecule is c1ccc(-c2ccc3c(N(c4ccccc4)c4ccc5ccccc5c4)c4cc(-c5ccccc5)ccc4c(N(c4ccccc4)c4ccc(N(c5ccccc5)c5ccccc5)cc4)c3c2)cc1. The number of benzene rings is 12. The molecule has 3 heteroatoms. The number of rotatable bonds is 11. The monoisotopic (exact) mass is 881 g/mol. The zero-order chi connectivity index (χ0) is 45.9. The van der Waals surface area contributed by atoms with E-state index in [0.717, 1.165) is 83.9 Å². The Morgan fingerprint density at radius 2 is 0.493 bits per heavy atom. The topological polar surface area (TPSA) is 9.72 Å². The molecular weight excluding hydrogens is 835 g/mol. The molecule has 0 unspecified atom stereocenters. The molecule has 0 bridgehead atoms. The Morgan fingerprint density at radius 1 is 0.174 bits per heavy atom. The van der Waals surface area contributed by atoms with Crippen molar-refractivity contribution < 1.29 is 0 Å². The third-order valence-electron chi connectivity index (χ3n) is 13.1. The van der Waals surface area contributed by atoms with E-state index in [1.807, 2.05) is 0 Å². The maximum atomic E-state index is 2.47. The van der Waals surface area contributed by atoms with E-state index >= 15 is 0 Å². The third kappa shape index (κ3) is 7.92. The van der Waals surface area contributed by atoms with Crippen molar-refractivity contribution in [2.75, 3.05) is 14.7 Å². The van der Waals surface area contributed by atoms with Gasteiger partial charge in [-0.2, -0.15) is 0 Å². The quantitative estimate of drug-likeness (QED) is 0.0947. The van der Waals surface area contributed by atoms with Crippen LogP contribution in [-0.2, 0) is 0 Å². The maximum absolute atomic E-state index is 2.47. The Labute approximate surface area is 403 Å². The minimum atomic E-state index is 1.05. The van der Waals surface area contributed by atoms with Crippen molar-refractivity contribution in [3.63, 3.8) is 0 Å². The van der Waals surface area contributed by atoms with Gasteiger partial charge in [-0.3, -0.25) is 0 Å². The Kier molecular flexibility index (Phi) is 10.9. The zero-order valence-electron chi connectivity index (χ0n) is 38.0. The van der Waals surface area contributed by atoms with Crippen molar-refractivity contribution in [1.29, 1.82) is 0 Å². The summed E-state index contributed by atoms with van der Waals surface area (Å²) >= 11 is 0. The van der Waals surface area contributed by atoms with Crippen molar-refractivity contribution >= 4 is 83.5 Å². The maximum Gasteiger partial charge on any atom is 0.0620 e. The van der Waals surface area contributed by atoms with E-state index in [-0.39, 0.29) is 0 Å². The Balaban J connectivity index is 1.18. The normalized spacial score (nSPS) is 11.2. The van der Waals surface area contributed by atoms with Gasteiger partial charge in [-0.05, 0) is 130 Å². The molecule has 0 heterocycles. The molecule has 0 saturated heterocycles. The fraction of sp³-hybridized carbons (Fsp3) is 0. The van der Waals surface area contributed by atoms with Crippen LogP contribution < -0.4 is 14.7 Å². The first-order valence-electron chi connectivity index (χ1n) is 23.6. The summed E-state index contributed by atoms with van der Waals surface area (Å²) in [7, 11) is 0. The van der Waals surface area contributed by atoms with Crippen molar-refractivity contribution in [1.82, 2.24) is 0 Å². The molecule has 326 valence electrons. The van der Waals surface area contributed by atoms with Crippen molar-refractivity contribution in [2.24, 2.45) is 0 Å². The van der Waals surface area contributed by atoms with E-state index in [1.165, 1.54) is 21.9 Å². The van der Waals surface area contributed by atoms with Gasteiger partial charge in [0, 0.05) is 61.4 Å². The van der Waals surface area contributed by atoms with Gasteiger partial charge < -0.3 is 14.7 Å². The Bertz CT molecular complexity index is 3660. The summed E-state index contributed by atoms with van der Waals surface area (Å²) in [5.74, 6) is 0. The highest BCUT2D eigenvalue weighted by molar-refractivity contribution is 6.24. The second kappa shape index (κ2) is 18.2. The van der Waals surface area contributed by atoms with Crippen LogP contribution >= 0.6 is 0 Å². The molecule has 0 atom stereocenters. The molecule has 0 aliphatic carbocycles. The lowest BCUT2D eigenvalue weighted by atomic mass is 9.91. The predicted octanol–water partition coefficient (Wildman–Crippen LogP) is 18.9. The van der Waals surface area contributed by atoms with Gasteiger partial charge in [0.25, 0.3) is 0 Å². The zero-order valence-corrected chi connectivity index (χ0v) is 38.0. The van der Waals surface area contributed by atoms with Gasteiger partial charge >= 0.3 is 0 Å². The Morgan fingerprint density at radius 3 is 0.928 bits per heavy atom. The summed E-state index contributed by atoms with van der Waals surface area (Å²) in [5, 5.41) is 6.94. The lowest BCUT2D eigenvalue weighted by molar-refractivity contribution is 1.26. The molecule has 0 aromatic heterocycles. The third-order valence-corrected chi connectivity index (χ3v) is 13.1. The number of hydrogen-bond donors (Lipinski definition) is 0. The largest absolute Gasteiger partial charge is 0.311 e. The summed E-state index contributed by atoms with van der Waals surface area (Å²) in [6.07, 6.45) is 0. The highest BCUT2D eigenvalue weighted by Gasteiger charge is 2.27. The molecule has 0 saturated carbocycles. The average molecular weight is 882 g/mol. The molecule has 0 amide bonds. The van der Waals surface area contributed by atoms with Crippen LogP contribution in [0, 0.1) is 0 Å². The van der Waals surface area contributed by atoms with Crippen molar-refractivity contribution in [3.8, 4) is 22.3 Å². The molecule has 12 aromatic carbocycles. The van der Waals surface area contributed by atoms with Crippen LogP contribution in [0.1, 0.15) is 0 Å². The van der Waals surface area contributed by atoms with Crippen LogP contribution in [0.15, 0.2) is 285 Å². The molecule has 0 aliphatic heterocycles. The average Bonchev–Trinajstić information content (AvgIpc) is 3.43. The number of nitrogens with zero attached hydrogens (tertiary/aromatic N) is 3. The smallest absolute Gasteiger partial charge is 0.0620 e. The lowest BCUT2D eigenvalue weighted by Gasteiger charge is -2.33. The second-order valence-electron chi connectivity index (χ2n) is 17.3. The van der Waals surface area contributed by atoms with Gasteiger partial charge in [-0.25, -0.2) is 0 Å². The van der Waals surface area contributed by atoms with Crippen LogP contribution in [0.2, 0.25) is 0 Å². The van der Waals surface area contributed by atoms with Gasteiger partial charge in [-0.1, -0.05) is 188 Å². The standard InChI is InChI=1S/C66H47N3/c1-7-21-48(22-8-1)52-37-44-62-63(46-52)65(68(56-31-15-5-16-32-56)59-41-39-58(40-42-59)67(54-27-11-3-12-28-54)55-29-13-4-14-30-55)61-43-36-53(49-23-9-2-10-24-49)47-64(61)66(62)69(57-33-17-6-18-34-57)60-38-35-50-25-19-20-26-51(50)45-60/h1-47H. The lowest BCUT2D eigenvalue weighted by Crippen LogP contribution is -2.15. The molecule has 0 fully saturated rings.